The molecule has 0 N–H and O–H groups in total. The Hall–Kier alpha value is -1.75. The summed E-state index contributed by atoms with van der Waals surface area (Å²) < 4.78 is 2.82. The van der Waals surface area contributed by atoms with Gasteiger partial charge < -0.3 is 0 Å². The number of aromatic nitrogens is 3. The average molecular weight is 369 g/mol. The number of hydrogen-bond acceptors (Lipinski definition) is 2. The van der Waals surface area contributed by atoms with Crippen LogP contribution in [-0.4, -0.2) is 14.3 Å². The molecule has 118 valence electrons. The molecule has 0 saturated carbocycles. The summed E-state index contributed by atoms with van der Waals surface area (Å²) in [6, 6.07) is 12.3. The predicted octanol–water partition coefficient (Wildman–Crippen LogP) is 4.35. The van der Waals surface area contributed by atoms with Crippen molar-refractivity contribution in [3.63, 3.8) is 0 Å². The number of hydrogen-bond donors (Lipinski definition) is 0. The van der Waals surface area contributed by atoms with Crippen molar-refractivity contribution in [1.82, 2.24) is 14.3 Å². The molecular weight excluding hydrogens is 357 g/mol. The van der Waals surface area contributed by atoms with Crippen molar-refractivity contribution in [2.45, 2.75) is 13.5 Å². The molecule has 2 aromatic carbocycles. The predicted molar refractivity (Wildman–Crippen MR) is 93.1 cm³/mol. The van der Waals surface area contributed by atoms with Gasteiger partial charge in [-0.05, 0) is 36.8 Å². The Morgan fingerprint density at radius 1 is 1.04 bits per heavy atom. The Labute approximate surface area is 147 Å². The van der Waals surface area contributed by atoms with Crippen molar-refractivity contribution in [1.29, 1.82) is 0 Å². The first-order valence-electron chi connectivity index (χ1n) is 6.82. The molecule has 7 heteroatoms. The highest BCUT2D eigenvalue weighted by Crippen LogP contribution is 2.23. The Kier molecular flexibility index (Phi) is 4.48. The Balaban J connectivity index is 2.07. The molecule has 3 rings (SSSR count). The maximum atomic E-state index is 12.7. The molecule has 0 radical (unpaired) electrons. The van der Waals surface area contributed by atoms with E-state index in [1.54, 1.807) is 35.8 Å². The zero-order valence-corrected chi connectivity index (χ0v) is 14.4. The minimum Gasteiger partial charge on any atom is -0.274 e. The lowest BCUT2D eigenvalue weighted by Crippen LogP contribution is -2.25. The third-order valence-corrected chi connectivity index (χ3v) is 4.38. The van der Waals surface area contributed by atoms with Gasteiger partial charge in [0.05, 0.1) is 17.3 Å². The van der Waals surface area contributed by atoms with Crippen LogP contribution in [0.4, 0.5) is 0 Å². The van der Waals surface area contributed by atoms with Crippen LogP contribution in [0.25, 0.3) is 5.69 Å². The smallest absolute Gasteiger partial charge is 0.274 e. The van der Waals surface area contributed by atoms with Gasteiger partial charge in [-0.3, -0.25) is 4.57 Å². The minimum atomic E-state index is -0.286. The molecule has 0 spiro atoms. The van der Waals surface area contributed by atoms with E-state index in [1.807, 2.05) is 18.2 Å². The maximum absolute atomic E-state index is 12.7. The molecule has 0 amide bonds. The zero-order chi connectivity index (χ0) is 16.6. The van der Waals surface area contributed by atoms with Crippen molar-refractivity contribution in [3.05, 3.63) is 79.4 Å². The van der Waals surface area contributed by atoms with Gasteiger partial charge in [0.2, 0.25) is 0 Å². The number of rotatable bonds is 3. The van der Waals surface area contributed by atoms with Crippen LogP contribution in [0.5, 0.6) is 0 Å². The van der Waals surface area contributed by atoms with E-state index in [9.17, 15) is 4.79 Å². The lowest BCUT2D eigenvalue weighted by molar-refractivity contribution is 0.723. The molecule has 1 heterocycles. The van der Waals surface area contributed by atoms with Crippen molar-refractivity contribution < 1.29 is 0 Å². The van der Waals surface area contributed by atoms with Gasteiger partial charge in [0, 0.05) is 10.0 Å². The van der Waals surface area contributed by atoms with E-state index in [2.05, 4.69) is 5.10 Å². The fraction of sp³-hybridized carbons (Fsp3) is 0.125. The fourth-order valence-corrected chi connectivity index (χ4v) is 2.97. The quantitative estimate of drug-likeness (QED) is 0.689. The fourth-order valence-electron chi connectivity index (χ4n) is 2.28. The summed E-state index contributed by atoms with van der Waals surface area (Å²) in [7, 11) is 0. The summed E-state index contributed by atoms with van der Waals surface area (Å²) in [6.45, 7) is 2.11. The van der Waals surface area contributed by atoms with Gasteiger partial charge in [-0.15, -0.1) is 0 Å². The first-order chi connectivity index (χ1) is 11.0. The Morgan fingerprint density at radius 3 is 2.48 bits per heavy atom. The molecule has 0 bridgehead atoms. The van der Waals surface area contributed by atoms with Gasteiger partial charge in [-0.25, -0.2) is 4.79 Å². The van der Waals surface area contributed by atoms with E-state index in [4.69, 9.17) is 34.8 Å². The first-order valence-corrected chi connectivity index (χ1v) is 7.96. The monoisotopic (exact) mass is 367 g/mol. The van der Waals surface area contributed by atoms with Crippen LogP contribution in [0, 0.1) is 6.92 Å². The Bertz CT molecular complexity index is 931. The first kappa shape index (κ1) is 16.1. The number of halogens is 3. The van der Waals surface area contributed by atoms with Crippen LogP contribution in [0.2, 0.25) is 15.1 Å². The maximum Gasteiger partial charge on any atom is 0.351 e. The second-order valence-corrected chi connectivity index (χ2v) is 6.27. The molecule has 0 aliphatic rings. The molecule has 4 nitrogen and oxygen atoms in total. The lowest BCUT2D eigenvalue weighted by Gasteiger charge is -2.05. The average Bonchev–Trinajstić information content (AvgIpc) is 2.77. The van der Waals surface area contributed by atoms with Gasteiger partial charge in [0.1, 0.15) is 5.82 Å². The summed E-state index contributed by atoms with van der Waals surface area (Å²) in [5, 5.41) is 5.76. The van der Waals surface area contributed by atoms with Crippen LogP contribution in [-0.2, 0) is 6.54 Å². The van der Waals surface area contributed by atoms with Crippen molar-refractivity contribution >= 4 is 34.8 Å². The Morgan fingerprint density at radius 2 is 1.78 bits per heavy atom. The number of benzene rings is 2. The molecule has 0 aliphatic heterocycles. The highest BCUT2D eigenvalue weighted by molar-refractivity contribution is 6.35. The molecular formula is C16H12Cl3N3O. The van der Waals surface area contributed by atoms with Gasteiger partial charge >= 0.3 is 5.69 Å². The normalized spacial score (nSPS) is 11.0. The second kappa shape index (κ2) is 6.40. The highest BCUT2D eigenvalue weighted by Gasteiger charge is 2.15. The molecule has 0 atom stereocenters. The van der Waals surface area contributed by atoms with E-state index >= 15 is 0 Å². The van der Waals surface area contributed by atoms with Crippen molar-refractivity contribution in [3.8, 4) is 5.69 Å². The van der Waals surface area contributed by atoms with Gasteiger partial charge in [-0.2, -0.15) is 9.78 Å². The van der Waals surface area contributed by atoms with Crippen LogP contribution < -0.4 is 5.69 Å². The molecule has 0 unspecified atom stereocenters. The van der Waals surface area contributed by atoms with Gasteiger partial charge in [0.25, 0.3) is 0 Å². The molecule has 0 saturated heterocycles. The van der Waals surface area contributed by atoms with E-state index in [1.165, 1.54) is 4.68 Å². The van der Waals surface area contributed by atoms with Gasteiger partial charge in [0.15, 0.2) is 0 Å². The summed E-state index contributed by atoms with van der Waals surface area (Å²) in [5.74, 6) is 0.570. The minimum absolute atomic E-state index is 0.286. The van der Waals surface area contributed by atoms with Crippen molar-refractivity contribution in [2.75, 3.05) is 0 Å². The number of nitrogens with zero attached hydrogens (tertiary/aromatic N) is 3. The zero-order valence-electron chi connectivity index (χ0n) is 12.1. The molecule has 0 aliphatic carbocycles. The largest absolute Gasteiger partial charge is 0.351 e. The van der Waals surface area contributed by atoms with Crippen LogP contribution >= 0.6 is 34.8 Å². The molecule has 23 heavy (non-hydrogen) atoms. The summed E-state index contributed by atoms with van der Waals surface area (Å²) >= 11 is 18.2. The summed E-state index contributed by atoms with van der Waals surface area (Å²) in [5.41, 5.74) is 1.05. The van der Waals surface area contributed by atoms with E-state index in [-0.39, 0.29) is 5.69 Å². The molecule has 0 fully saturated rings. The second-order valence-electron chi connectivity index (χ2n) is 5.01. The molecule has 1 aromatic heterocycles. The van der Waals surface area contributed by atoms with E-state index in [0.717, 1.165) is 5.56 Å². The molecule has 3 aromatic rings. The van der Waals surface area contributed by atoms with Gasteiger partial charge in [-0.1, -0.05) is 53.0 Å². The van der Waals surface area contributed by atoms with Crippen LogP contribution in [0.15, 0.2) is 47.3 Å². The van der Waals surface area contributed by atoms with E-state index < -0.39 is 0 Å². The summed E-state index contributed by atoms with van der Waals surface area (Å²) in [4.78, 5) is 12.7. The van der Waals surface area contributed by atoms with Crippen molar-refractivity contribution in [2.24, 2.45) is 0 Å². The third-order valence-electron chi connectivity index (χ3n) is 3.47. The highest BCUT2D eigenvalue weighted by atomic mass is 35.5. The number of aryl methyl sites for hydroxylation is 1. The standard InChI is InChI=1S/C16H12Cl3N3O/c1-10-20-22(15-7-6-12(17)8-14(15)19)16(23)21(10)9-11-4-2-3-5-13(11)18/h2-8H,9H2,1H3. The lowest BCUT2D eigenvalue weighted by atomic mass is 10.2. The SMILES string of the molecule is Cc1nn(-c2ccc(Cl)cc2Cl)c(=O)n1Cc1ccccc1Cl. The topological polar surface area (TPSA) is 39.8 Å². The van der Waals surface area contributed by atoms with Crippen LogP contribution in [0.3, 0.4) is 0 Å². The third kappa shape index (κ3) is 3.15. The van der Waals surface area contributed by atoms with E-state index in [0.29, 0.717) is 33.1 Å². The van der Waals surface area contributed by atoms with Crippen LogP contribution in [0.1, 0.15) is 11.4 Å². The summed E-state index contributed by atoms with van der Waals surface area (Å²) in [6.07, 6.45) is 0.